The second-order valence-corrected chi connectivity index (χ2v) is 6.97. The second-order valence-electron chi connectivity index (χ2n) is 5.41. The topological polar surface area (TPSA) is 105 Å². The van der Waals surface area contributed by atoms with Crippen LogP contribution in [0, 0.1) is 5.92 Å². The van der Waals surface area contributed by atoms with E-state index in [1.807, 2.05) is 0 Å². The van der Waals surface area contributed by atoms with Crippen molar-refractivity contribution in [3.63, 3.8) is 0 Å². The lowest BCUT2D eigenvalue weighted by Gasteiger charge is -2.28. The van der Waals surface area contributed by atoms with Crippen LogP contribution in [0.5, 0.6) is 0 Å². The van der Waals surface area contributed by atoms with Gasteiger partial charge in [0.2, 0.25) is 10.0 Å². The zero-order chi connectivity index (χ0) is 14.8. The maximum Gasteiger partial charge on any atom is 0.267 e. The van der Waals surface area contributed by atoms with Gasteiger partial charge < -0.3 is 10.3 Å². The van der Waals surface area contributed by atoms with Crippen molar-refractivity contribution in [2.45, 2.75) is 50.0 Å². The number of aromatic nitrogens is 1. The van der Waals surface area contributed by atoms with Gasteiger partial charge in [0.25, 0.3) is 5.91 Å². The number of sulfonamides is 1. The lowest BCUT2D eigenvalue weighted by atomic mass is 9.84. The summed E-state index contributed by atoms with van der Waals surface area (Å²) in [6.45, 7) is 2.16. The number of carbonyl (C=O) groups is 1. The Morgan fingerprint density at radius 2 is 2.25 bits per heavy atom. The molecule has 1 aromatic rings. The Balaban J connectivity index is 2.00. The number of nitrogens with two attached hydrogens (primary N) is 1. The second kappa shape index (κ2) is 5.97. The van der Waals surface area contributed by atoms with Gasteiger partial charge in [-0.25, -0.2) is 13.6 Å². The first-order valence-corrected chi connectivity index (χ1v) is 8.47. The van der Waals surface area contributed by atoms with E-state index >= 15 is 0 Å². The molecular weight excluding hydrogens is 278 g/mol. The van der Waals surface area contributed by atoms with E-state index in [1.165, 1.54) is 18.7 Å². The molecule has 1 amide bonds. The summed E-state index contributed by atoms with van der Waals surface area (Å²) < 4.78 is 22.3. The molecule has 1 saturated carbocycles. The van der Waals surface area contributed by atoms with Gasteiger partial charge >= 0.3 is 0 Å². The Morgan fingerprint density at radius 1 is 1.50 bits per heavy atom. The van der Waals surface area contributed by atoms with E-state index in [0.717, 1.165) is 25.7 Å². The molecule has 1 heterocycles. The molecule has 2 atom stereocenters. The Labute approximate surface area is 119 Å². The summed E-state index contributed by atoms with van der Waals surface area (Å²) >= 11 is 0. The van der Waals surface area contributed by atoms with Crippen LogP contribution < -0.4 is 10.5 Å². The quantitative estimate of drug-likeness (QED) is 0.781. The van der Waals surface area contributed by atoms with Gasteiger partial charge in [0.15, 0.2) is 0 Å². The molecule has 0 saturated heterocycles. The highest BCUT2D eigenvalue weighted by Gasteiger charge is 2.23. The van der Waals surface area contributed by atoms with Crippen LogP contribution in [0.3, 0.4) is 0 Å². The van der Waals surface area contributed by atoms with Gasteiger partial charge in [-0.1, -0.05) is 26.2 Å². The Kier molecular flexibility index (Phi) is 4.49. The van der Waals surface area contributed by atoms with Gasteiger partial charge in [0, 0.05) is 12.2 Å². The predicted molar refractivity (Wildman–Crippen MR) is 75.7 cm³/mol. The van der Waals surface area contributed by atoms with Crippen LogP contribution in [0.1, 0.15) is 49.5 Å². The largest absolute Gasteiger partial charge is 0.356 e. The molecule has 0 bridgehead atoms. The third kappa shape index (κ3) is 3.61. The van der Waals surface area contributed by atoms with Crippen LogP contribution in [0.4, 0.5) is 0 Å². The molecule has 1 aliphatic rings. The van der Waals surface area contributed by atoms with Crippen LogP contribution >= 0.6 is 0 Å². The van der Waals surface area contributed by atoms with Crippen LogP contribution in [0.25, 0.3) is 0 Å². The number of carbonyl (C=O) groups excluding carboxylic acids is 1. The lowest BCUT2D eigenvalue weighted by Crippen LogP contribution is -2.38. The fourth-order valence-corrected chi connectivity index (χ4v) is 3.23. The van der Waals surface area contributed by atoms with Crippen molar-refractivity contribution in [1.29, 1.82) is 0 Å². The molecule has 0 spiro atoms. The van der Waals surface area contributed by atoms with Crippen molar-refractivity contribution < 1.29 is 13.2 Å². The Morgan fingerprint density at radius 3 is 2.85 bits per heavy atom. The molecule has 112 valence electrons. The molecule has 0 aromatic carbocycles. The Bertz CT molecular complexity index is 579. The first-order chi connectivity index (χ1) is 9.40. The van der Waals surface area contributed by atoms with Crippen molar-refractivity contribution in [3.8, 4) is 0 Å². The Hall–Kier alpha value is -1.34. The average molecular weight is 299 g/mol. The molecule has 2 rings (SSSR count). The van der Waals surface area contributed by atoms with E-state index in [2.05, 4.69) is 17.2 Å². The summed E-state index contributed by atoms with van der Waals surface area (Å²) in [4.78, 5) is 14.7. The third-order valence-electron chi connectivity index (χ3n) is 3.93. The number of amides is 1. The molecule has 0 aliphatic heterocycles. The summed E-state index contributed by atoms with van der Waals surface area (Å²) in [7, 11) is -3.77. The number of aromatic amines is 1. The van der Waals surface area contributed by atoms with E-state index in [9.17, 15) is 13.2 Å². The molecule has 4 N–H and O–H groups in total. The van der Waals surface area contributed by atoms with E-state index in [1.54, 1.807) is 0 Å². The minimum absolute atomic E-state index is 0.0715. The molecule has 6 nitrogen and oxygen atoms in total. The number of H-pyrrole nitrogens is 1. The van der Waals surface area contributed by atoms with Gasteiger partial charge in [-0.3, -0.25) is 4.79 Å². The van der Waals surface area contributed by atoms with E-state index in [-0.39, 0.29) is 22.5 Å². The molecule has 1 aliphatic carbocycles. The SMILES string of the molecule is CCC1CCCC(NC(=O)c2cc(S(N)(=O)=O)c[nH]2)C1. The number of rotatable bonds is 4. The zero-order valence-electron chi connectivity index (χ0n) is 11.6. The van der Waals surface area contributed by atoms with Crippen LogP contribution in [-0.2, 0) is 10.0 Å². The van der Waals surface area contributed by atoms with E-state index in [0.29, 0.717) is 5.92 Å². The lowest BCUT2D eigenvalue weighted by molar-refractivity contribution is 0.0914. The smallest absolute Gasteiger partial charge is 0.267 e. The predicted octanol–water partition coefficient (Wildman–Crippen LogP) is 1.36. The summed E-state index contributed by atoms with van der Waals surface area (Å²) in [6, 6.07) is 1.44. The number of primary sulfonamides is 1. The molecule has 7 heteroatoms. The molecular formula is C13H21N3O3S. The third-order valence-corrected chi connectivity index (χ3v) is 4.82. The van der Waals surface area contributed by atoms with Gasteiger partial charge in [-0.2, -0.15) is 0 Å². The number of nitrogens with one attached hydrogen (secondary N) is 2. The zero-order valence-corrected chi connectivity index (χ0v) is 12.4. The summed E-state index contributed by atoms with van der Waals surface area (Å²) in [5, 5.41) is 7.97. The number of hydrogen-bond donors (Lipinski definition) is 3. The van der Waals surface area contributed by atoms with Crippen molar-refractivity contribution in [2.24, 2.45) is 11.1 Å². The van der Waals surface area contributed by atoms with Crippen molar-refractivity contribution >= 4 is 15.9 Å². The minimum Gasteiger partial charge on any atom is -0.356 e. The van der Waals surface area contributed by atoms with Gasteiger partial charge in [-0.15, -0.1) is 0 Å². The number of hydrogen-bond acceptors (Lipinski definition) is 3. The van der Waals surface area contributed by atoms with Crippen molar-refractivity contribution in [1.82, 2.24) is 10.3 Å². The maximum absolute atomic E-state index is 12.1. The maximum atomic E-state index is 12.1. The summed E-state index contributed by atoms with van der Waals surface area (Å²) in [5.41, 5.74) is 0.229. The molecule has 1 aromatic heterocycles. The highest BCUT2D eigenvalue weighted by Crippen LogP contribution is 2.26. The first-order valence-electron chi connectivity index (χ1n) is 6.92. The van der Waals surface area contributed by atoms with Crippen molar-refractivity contribution in [3.05, 3.63) is 18.0 Å². The van der Waals surface area contributed by atoms with E-state index < -0.39 is 10.0 Å². The van der Waals surface area contributed by atoms with Gasteiger partial charge in [0.1, 0.15) is 5.69 Å². The summed E-state index contributed by atoms with van der Waals surface area (Å²) in [5.74, 6) is 0.388. The van der Waals surface area contributed by atoms with Gasteiger partial charge in [0.05, 0.1) is 4.90 Å². The fourth-order valence-electron chi connectivity index (χ4n) is 2.73. The van der Waals surface area contributed by atoms with Crippen LogP contribution in [-0.4, -0.2) is 25.4 Å². The van der Waals surface area contributed by atoms with Crippen LogP contribution in [0.2, 0.25) is 0 Å². The highest BCUT2D eigenvalue weighted by molar-refractivity contribution is 7.89. The van der Waals surface area contributed by atoms with Gasteiger partial charge in [-0.05, 0) is 24.8 Å². The first kappa shape index (κ1) is 15.1. The molecule has 1 fully saturated rings. The van der Waals surface area contributed by atoms with Crippen LogP contribution in [0.15, 0.2) is 17.2 Å². The minimum atomic E-state index is -3.77. The summed E-state index contributed by atoms with van der Waals surface area (Å²) in [6.07, 6.45) is 6.68. The average Bonchev–Trinajstić information content (AvgIpc) is 2.88. The normalized spacial score (nSPS) is 23.5. The monoisotopic (exact) mass is 299 g/mol. The highest BCUT2D eigenvalue weighted by atomic mass is 32.2. The standard InChI is InChI=1S/C13H21N3O3S/c1-2-9-4-3-5-10(6-9)16-13(17)12-7-11(8-15-12)20(14,18)19/h7-10,15H,2-6H2,1H3,(H,16,17)(H2,14,18,19). The molecule has 20 heavy (non-hydrogen) atoms. The van der Waals surface area contributed by atoms with E-state index in [4.69, 9.17) is 5.14 Å². The fraction of sp³-hybridized carbons (Fsp3) is 0.615. The van der Waals surface area contributed by atoms with Crippen molar-refractivity contribution in [2.75, 3.05) is 0 Å². The molecule has 2 unspecified atom stereocenters. The molecule has 0 radical (unpaired) electrons.